The van der Waals surface area contributed by atoms with Crippen LogP contribution in [0.3, 0.4) is 0 Å². The highest BCUT2D eigenvalue weighted by Gasteiger charge is 2.35. The van der Waals surface area contributed by atoms with Crippen LogP contribution in [0.4, 0.5) is 0 Å². The molecule has 96 valence electrons. The molecule has 1 aliphatic carbocycles. The summed E-state index contributed by atoms with van der Waals surface area (Å²) in [5, 5.41) is 22.2. The molecule has 3 rings (SSSR count). The fraction of sp³-hybridized carbons (Fsp3) is 0.462. The molecule has 0 aromatic carbocycles. The number of aliphatic hydroxyl groups is 1. The summed E-state index contributed by atoms with van der Waals surface area (Å²) in [5.41, 5.74) is 2.20. The maximum absolute atomic E-state index is 9.43. The fourth-order valence-corrected chi connectivity index (χ4v) is 3.11. The first-order valence-corrected chi connectivity index (χ1v) is 7.13. The Labute approximate surface area is 110 Å². The number of hydrogen-bond acceptors (Lipinski definition) is 4. The van der Waals surface area contributed by atoms with Crippen molar-refractivity contribution in [3.8, 4) is 10.6 Å². The monoisotopic (exact) mass is 263 g/mol. The third-order valence-corrected chi connectivity index (χ3v) is 4.64. The van der Waals surface area contributed by atoms with Crippen LogP contribution in [0.15, 0.2) is 23.7 Å². The fourth-order valence-electron chi connectivity index (χ4n) is 2.36. The smallest absolute Gasteiger partial charge is 0.0794 e. The number of aromatic nitrogens is 2. The second kappa shape index (κ2) is 4.84. The Hall–Kier alpha value is -1.17. The Morgan fingerprint density at radius 3 is 3.00 bits per heavy atom. The lowest BCUT2D eigenvalue weighted by Crippen LogP contribution is -2.53. The van der Waals surface area contributed by atoms with E-state index in [0.29, 0.717) is 0 Å². The predicted octanol–water partition coefficient (Wildman–Crippen LogP) is 2.14. The molecule has 4 nitrogen and oxygen atoms in total. The number of hydrogen-bond donors (Lipinski definition) is 3. The molecule has 0 radical (unpaired) electrons. The molecule has 0 aliphatic heterocycles. The van der Waals surface area contributed by atoms with Crippen molar-refractivity contribution < 1.29 is 5.11 Å². The lowest BCUT2D eigenvalue weighted by molar-refractivity contribution is 0.0872. The van der Waals surface area contributed by atoms with E-state index in [2.05, 4.69) is 27.0 Å². The molecule has 2 aromatic rings. The molecule has 0 bridgehead atoms. The van der Waals surface area contributed by atoms with Crippen LogP contribution in [-0.2, 0) is 6.54 Å². The van der Waals surface area contributed by atoms with Gasteiger partial charge in [0.15, 0.2) is 0 Å². The molecular weight excluding hydrogens is 246 g/mol. The lowest BCUT2D eigenvalue weighted by atomic mass is 9.77. The number of nitrogens with zero attached hydrogens (tertiary/aromatic N) is 1. The van der Waals surface area contributed by atoms with Gasteiger partial charge >= 0.3 is 0 Å². The molecule has 18 heavy (non-hydrogen) atoms. The molecule has 0 spiro atoms. The molecular formula is C13H17N3OS. The second-order valence-corrected chi connectivity index (χ2v) is 5.84. The van der Waals surface area contributed by atoms with Crippen LogP contribution >= 0.6 is 11.3 Å². The molecule has 0 atom stereocenters. The van der Waals surface area contributed by atoms with Crippen LogP contribution in [-0.4, -0.2) is 27.4 Å². The van der Waals surface area contributed by atoms with Gasteiger partial charge in [-0.05, 0) is 30.7 Å². The van der Waals surface area contributed by atoms with Gasteiger partial charge in [0, 0.05) is 17.6 Å². The Kier molecular flexibility index (Phi) is 3.20. The Bertz CT molecular complexity index is 497. The molecule has 1 fully saturated rings. The van der Waals surface area contributed by atoms with Crippen molar-refractivity contribution in [2.24, 2.45) is 0 Å². The van der Waals surface area contributed by atoms with Crippen molar-refractivity contribution in [1.82, 2.24) is 15.5 Å². The van der Waals surface area contributed by atoms with E-state index in [9.17, 15) is 5.11 Å². The van der Waals surface area contributed by atoms with E-state index >= 15 is 0 Å². The zero-order chi connectivity index (χ0) is 12.4. The minimum Gasteiger partial charge on any atom is -0.394 e. The third-order valence-electron chi connectivity index (χ3n) is 3.75. The van der Waals surface area contributed by atoms with Gasteiger partial charge in [-0.1, -0.05) is 6.07 Å². The highest BCUT2D eigenvalue weighted by molar-refractivity contribution is 7.13. The van der Waals surface area contributed by atoms with Crippen LogP contribution in [0.5, 0.6) is 0 Å². The van der Waals surface area contributed by atoms with Crippen molar-refractivity contribution >= 4 is 11.3 Å². The van der Waals surface area contributed by atoms with Crippen molar-refractivity contribution in [1.29, 1.82) is 0 Å². The Balaban J connectivity index is 1.72. The van der Waals surface area contributed by atoms with Crippen LogP contribution in [0.1, 0.15) is 24.8 Å². The molecule has 5 heteroatoms. The summed E-state index contributed by atoms with van der Waals surface area (Å²) in [5.74, 6) is 0. The number of thiophene rings is 1. The van der Waals surface area contributed by atoms with Gasteiger partial charge in [0.25, 0.3) is 0 Å². The van der Waals surface area contributed by atoms with Crippen molar-refractivity contribution in [3.05, 3.63) is 29.3 Å². The van der Waals surface area contributed by atoms with Gasteiger partial charge in [-0.2, -0.15) is 5.10 Å². The van der Waals surface area contributed by atoms with E-state index in [1.165, 1.54) is 11.3 Å². The highest BCUT2D eigenvalue weighted by atomic mass is 32.1. The van der Waals surface area contributed by atoms with E-state index in [4.69, 9.17) is 0 Å². The predicted molar refractivity (Wildman–Crippen MR) is 72.4 cm³/mol. The zero-order valence-electron chi connectivity index (χ0n) is 10.1. The van der Waals surface area contributed by atoms with Crippen molar-refractivity contribution in [3.63, 3.8) is 0 Å². The van der Waals surface area contributed by atoms with Gasteiger partial charge in [-0.15, -0.1) is 11.3 Å². The minimum absolute atomic E-state index is 0.0516. The zero-order valence-corrected chi connectivity index (χ0v) is 11.0. The van der Waals surface area contributed by atoms with E-state index in [1.807, 2.05) is 12.3 Å². The SMILES string of the molecule is OCC1(NCc2cn[nH]c2-c2cccs2)CCC1. The van der Waals surface area contributed by atoms with Crippen molar-refractivity contribution in [2.45, 2.75) is 31.3 Å². The summed E-state index contributed by atoms with van der Waals surface area (Å²) in [7, 11) is 0. The molecule has 0 unspecified atom stereocenters. The highest BCUT2D eigenvalue weighted by Crippen LogP contribution is 2.32. The number of nitrogens with one attached hydrogen (secondary N) is 2. The molecule has 0 saturated heterocycles. The molecule has 1 saturated carbocycles. The molecule has 1 aliphatic rings. The molecule has 0 amide bonds. The van der Waals surface area contributed by atoms with Gasteiger partial charge in [0.2, 0.25) is 0 Å². The average Bonchev–Trinajstić information content (AvgIpc) is 2.98. The largest absolute Gasteiger partial charge is 0.394 e. The first-order valence-electron chi connectivity index (χ1n) is 6.25. The number of H-pyrrole nitrogens is 1. The quantitative estimate of drug-likeness (QED) is 0.774. The van der Waals surface area contributed by atoms with E-state index in [0.717, 1.165) is 30.6 Å². The lowest BCUT2D eigenvalue weighted by Gasteiger charge is -2.41. The summed E-state index contributed by atoms with van der Waals surface area (Å²) in [4.78, 5) is 1.20. The maximum Gasteiger partial charge on any atom is 0.0794 e. The standard InChI is InChI=1S/C13H17N3OS/c17-9-13(4-2-5-13)14-7-10-8-15-16-12(10)11-3-1-6-18-11/h1,3,6,8,14,17H,2,4-5,7,9H2,(H,15,16). The van der Waals surface area contributed by atoms with Crippen LogP contribution in [0, 0.1) is 0 Å². The summed E-state index contributed by atoms with van der Waals surface area (Å²) in [6.07, 6.45) is 5.20. The van der Waals surface area contributed by atoms with Crippen molar-refractivity contribution in [2.75, 3.05) is 6.61 Å². The first kappa shape index (κ1) is 11.9. The van der Waals surface area contributed by atoms with E-state index < -0.39 is 0 Å². The topological polar surface area (TPSA) is 60.9 Å². The molecule has 3 N–H and O–H groups in total. The van der Waals surface area contributed by atoms with Gasteiger partial charge in [0.05, 0.1) is 23.4 Å². The Morgan fingerprint density at radius 2 is 2.39 bits per heavy atom. The van der Waals surface area contributed by atoms with E-state index in [-0.39, 0.29) is 12.1 Å². The average molecular weight is 263 g/mol. The Morgan fingerprint density at radius 1 is 1.50 bits per heavy atom. The summed E-state index contributed by atoms with van der Waals surface area (Å²) in [6, 6.07) is 4.13. The summed E-state index contributed by atoms with van der Waals surface area (Å²) >= 11 is 1.71. The van der Waals surface area contributed by atoms with E-state index in [1.54, 1.807) is 11.3 Å². The van der Waals surface area contributed by atoms with Gasteiger partial charge in [-0.25, -0.2) is 0 Å². The van der Waals surface area contributed by atoms with Gasteiger partial charge < -0.3 is 10.4 Å². The summed E-state index contributed by atoms with van der Waals surface area (Å²) in [6.45, 7) is 0.976. The van der Waals surface area contributed by atoms with Gasteiger partial charge in [0.1, 0.15) is 0 Å². The van der Waals surface area contributed by atoms with Crippen LogP contribution in [0.2, 0.25) is 0 Å². The first-order chi connectivity index (χ1) is 8.83. The molecule has 2 aromatic heterocycles. The molecule has 2 heterocycles. The normalized spacial score (nSPS) is 17.6. The van der Waals surface area contributed by atoms with Crippen LogP contribution in [0.25, 0.3) is 10.6 Å². The number of aliphatic hydroxyl groups excluding tert-OH is 1. The maximum atomic E-state index is 9.43. The van der Waals surface area contributed by atoms with Crippen LogP contribution < -0.4 is 5.32 Å². The number of aromatic amines is 1. The summed E-state index contributed by atoms with van der Waals surface area (Å²) < 4.78 is 0. The second-order valence-electron chi connectivity index (χ2n) is 4.89. The third kappa shape index (κ3) is 2.09. The minimum atomic E-state index is -0.0516. The van der Waals surface area contributed by atoms with Gasteiger partial charge in [-0.3, -0.25) is 5.10 Å². The number of rotatable bonds is 5.